The van der Waals surface area contributed by atoms with E-state index in [0.29, 0.717) is 18.4 Å². The fraction of sp³-hybridized carbons (Fsp3) is 0.545. The first-order valence-corrected chi connectivity index (χ1v) is 11.0. The van der Waals surface area contributed by atoms with Crippen molar-refractivity contribution in [2.24, 2.45) is 11.7 Å². The molecule has 3 aliphatic rings. The Morgan fingerprint density at radius 2 is 1.97 bits per heavy atom. The first-order valence-electron chi connectivity index (χ1n) is 11.0. The molecule has 0 amide bonds. The quantitative estimate of drug-likeness (QED) is 0.512. The largest absolute Gasteiger partial charge is 0.492 e. The van der Waals surface area contributed by atoms with Crippen molar-refractivity contribution in [3.63, 3.8) is 0 Å². The fourth-order valence-electron chi connectivity index (χ4n) is 5.23. The molecule has 7 nitrogen and oxygen atoms in total. The molecule has 1 aromatic carbocycles. The Hall–Kier alpha value is -2.89. The third kappa shape index (κ3) is 3.33. The highest BCUT2D eigenvalue weighted by molar-refractivity contribution is 5.94. The van der Waals surface area contributed by atoms with E-state index < -0.39 is 64.4 Å². The molecule has 3 N–H and O–H groups in total. The number of H-pyrrole nitrogens is 1. The molecule has 2 atom stereocenters. The first kappa shape index (κ1) is 22.9. The van der Waals surface area contributed by atoms with Gasteiger partial charge in [0, 0.05) is 31.5 Å². The number of methoxy groups -OCH3 is 1. The third-order valence-corrected chi connectivity index (χ3v) is 7.01. The van der Waals surface area contributed by atoms with Gasteiger partial charge in [0.05, 0.1) is 24.1 Å². The second-order valence-corrected chi connectivity index (χ2v) is 9.09. The Morgan fingerprint density at radius 3 is 2.59 bits per heavy atom. The van der Waals surface area contributed by atoms with Crippen molar-refractivity contribution >= 4 is 16.6 Å². The van der Waals surface area contributed by atoms with Gasteiger partial charge in [-0.25, -0.2) is 26.7 Å². The van der Waals surface area contributed by atoms with Crippen LogP contribution in [0.15, 0.2) is 21.2 Å². The van der Waals surface area contributed by atoms with E-state index in [1.54, 1.807) is 6.08 Å². The minimum Gasteiger partial charge on any atom is -0.492 e. The SMILES string of the molecule is COc1c(N2CC3=CCCC(F)(F)C(N)C3C2)c(F)c(C(F)F)c2c(=O)[nH]c(=O)n(C3CC3)c12. The molecule has 1 aromatic heterocycles. The molecule has 2 heterocycles. The van der Waals surface area contributed by atoms with Crippen molar-refractivity contribution in [2.75, 3.05) is 25.1 Å². The maximum absolute atomic E-state index is 15.7. The first-order chi connectivity index (χ1) is 16.1. The molecule has 2 aromatic rings. The number of alkyl halides is 4. The summed E-state index contributed by atoms with van der Waals surface area (Å²) >= 11 is 0. The number of anilines is 1. The van der Waals surface area contributed by atoms with Gasteiger partial charge < -0.3 is 15.4 Å². The summed E-state index contributed by atoms with van der Waals surface area (Å²) in [6, 6.07) is -1.88. The van der Waals surface area contributed by atoms with Gasteiger partial charge in [-0.3, -0.25) is 14.3 Å². The van der Waals surface area contributed by atoms with Gasteiger partial charge in [0.15, 0.2) is 11.6 Å². The lowest BCUT2D eigenvalue weighted by Crippen LogP contribution is -2.47. The van der Waals surface area contributed by atoms with Gasteiger partial charge >= 0.3 is 5.69 Å². The molecule has 1 saturated carbocycles. The number of nitrogens with two attached hydrogens (primary N) is 1. The molecule has 0 bridgehead atoms. The van der Waals surface area contributed by atoms with Gasteiger partial charge in [-0.1, -0.05) is 6.08 Å². The number of ether oxygens (including phenoxy) is 1. The Kier molecular flexibility index (Phi) is 5.26. The zero-order chi connectivity index (χ0) is 24.5. The number of aromatic nitrogens is 2. The topological polar surface area (TPSA) is 93.3 Å². The number of nitrogens with zero attached hydrogens (tertiary/aromatic N) is 2. The average Bonchev–Trinajstić information content (AvgIpc) is 3.52. The highest BCUT2D eigenvalue weighted by Crippen LogP contribution is 2.48. The Labute approximate surface area is 190 Å². The van der Waals surface area contributed by atoms with E-state index in [4.69, 9.17) is 10.5 Å². The van der Waals surface area contributed by atoms with Gasteiger partial charge in [-0.2, -0.15) is 0 Å². The standard InChI is InChI=1S/C22H23F5N4O3/c1-34-17-15-13(20(32)29-21(33)31(15)10-4-5-10)12(19(24)25)14(23)16(17)30-7-9-3-2-6-22(26,27)18(28)11(9)8-30/h3,10-11,18-19H,2,4-8,28H2,1H3,(H,29,32,33). The Bertz CT molecular complexity index is 1310. The summed E-state index contributed by atoms with van der Waals surface area (Å²) in [5.74, 6) is -5.61. The van der Waals surface area contributed by atoms with Gasteiger partial charge in [0.1, 0.15) is 11.2 Å². The fourth-order valence-corrected chi connectivity index (χ4v) is 5.23. The molecular weight excluding hydrogens is 463 g/mol. The van der Waals surface area contributed by atoms with Crippen molar-refractivity contribution in [1.29, 1.82) is 0 Å². The summed E-state index contributed by atoms with van der Waals surface area (Å²) in [5.41, 5.74) is 2.71. The summed E-state index contributed by atoms with van der Waals surface area (Å²) < 4.78 is 79.4. The summed E-state index contributed by atoms with van der Waals surface area (Å²) in [5, 5.41) is -0.657. The van der Waals surface area contributed by atoms with Gasteiger partial charge in [0.25, 0.3) is 17.9 Å². The predicted octanol–water partition coefficient (Wildman–Crippen LogP) is 3.23. The Balaban J connectivity index is 1.78. The average molecular weight is 486 g/mol. The molecule has 0 radical (unpaired) electrons. The predicted molar refractivity (Wildman–Crippen MR) is 115 cm³/mol. The maximum Gasteiger partial charge on any atom is 0.329 e. The number of hydrogen-bond donors (Lipinski definition) is 2. The third-order valence-electron chi connectivity index (χ3n) is 7.01. The van der Waals surface area contributed by atoms with Crippen molar-refractivity contribution < 1.29 is 26.7 Å². The highest BCUT2D eigenvalue weighted by Gasteiger charge is 2.48. The zero-order valence-corrected chi connectivity index (χ0v) is 18.2. The number of nitrogens with one attached hydrogen (secondary N) is 1. The monoisotopic (exact) mass is 486 g/mol. The number of rotatable bonds is 4. The van der Waals surface area contributed by atoms with Crippen LogP contribution in [0.4, 0.5) is 27.6 Å². The van der Waals surface area contributed by atoms with Gasteiger partial charge in [-0.05, 0) is 24.8 Å². The van der Waals surface area contributed by atoms with E-state index >= 15 is 4.39 Å². The lowest BCUT2D eigenvalue weighted by atomic mass is 9.92. The molecule has 34 heavy (non-hydrogen) atoms. The molecule has 2 aliphatic carbocycles. The van der Waals surface area contributed by atoms with Crippen LogP contribution in [-0.4, -0.2) is 41.7 Å². The second-order valence-electron chi connectivity index (χ2n) is 9.09. The van der Waals surface area contributed by atoms with E-state index in [9.17, 15) is 27.2 Å². The molecule has 5 rings (SSSR count). The van der Waals surface area contributed by atoms with Crippen molar-refractivity contribution in [3.8, 4) is 5.75 Å². The molecule has 1 aliphatic heterocycles. The van der Waals surface area contributed by atoms with Crippen LogP contribution in [0.1, 0.15) is 43.7 Å². The molecule has 12 heteroatoms. The lowest BCUT2D eigenvalue weighted by molar-refractivity contribution is -0.0402. The van der Waals surface area contributed by atoms with Crippen molar-refractivity contribution in [2.45, 2.75) is 50.1 Å². The van der Waals surface area contributed by atoms with Crippen LogP contribution in [0.2, 0.25) is 0 Å². The number of aromatic amines is 1. The second kappa shape index (κ2) is 7.82. The minimum atomic E-state index is -3.38. The van der Waals surface area contributed by atoms with Gasteiger partial charge in [0.2, 0.25) is 0 Å². The summed E-state index contributed by atoms with van der Waals surface area (Å²) in [6.45, 7) is -0.173. The summed E-state index contributed by atoms with van der Waals surface area (Å²) in [7, 11) is 1.18. The van der Waals surface area contributed by atoms with Crippen LogP contribution in [-0.2, 0) is 0 Å². The number of hydrogen-bond acceptors (Lipinski definition) is 5. The van der Waals surface area contributed by atoms with Gasteiger partial charge in [-0.15, -0.1) is 0 Å². The molecule has 2 fully saturated rings. The van der Waals surface area contributed by atoms with Crippen LogP contribution < -0.4 is 26.6 Å². The van der Waals surface area contributed by atoms with E-state index in [-0.39, 0.29) is 36.8 Å². The van der Waals surface area contributed by atoms with Crippen LogP contribution in [0, 0.1) is 11.7 Å². The molecule has 1 saturated heterocycles. The molecule has 2 unspecified atom stereocenters. The van der Waals surface area contributed by atoms with Crippen LogP contribution in [0.25, 0.3) is 10.9 Å². The van der Waals surface area contributed by atoms with Crippen LogP contribution in [0.3, 0.4) is 0 Å². The number of fused-ring (bicyclic) bond motifs is 2. The number of allylic oxidation sites excluding steroid dienone is 1. The highest BCUT2D eigenvalue weighted by atomic mass is 19.3. The number of benzene rings is 1. The lowest BCUT2D eigenvalue weighted by Gasteiger charge is -2.28. The smallest absolute Gasteiger partial charge is 0.329 e. The normalized spacial score (nSPS) is 24.4. The minimum absolute atomic E-state index is 0.0211. The molecule has 184 valence electrons. The van der Waals surface area contributed by atoms with E-state index in [1.807, 2.05) is 4.98 Å². The Morgan fingerprint density at radius 1 is 1.26 bits per heavy atom. The van der Waals surface area contributed by atoms with Crippen LogP contribution in [0.5, 0.6) is 5.75 Å². The van der Waals surface area contributed by atoms with Crippen LogP contribution >= 0.6 is 0 Å². The van der Waals surface area contributed by atoms with Crippen molar-refractivity contribution in [1.82, 2.24) is 9.55 Å². The zero-order valence-electron chi connectivity index (χ0n) is 18.2. The molecule has 0 spiro atoms. The summed E-state index contributed by atoms with van der Waals surface area (Å²) in [4.78, 5) is 28.5. The summed E-state index contributed by atoms with van der Waals surface area (Å²) in [6.07, 6.45) is -0.926. The maximum atomic E-state index is 15.7. The number of halogens is 5. The van der Waals surface area contributed by atoms with E-state index in [1.165, 1.54) is 12.0 Å². The van der Waals surface area contributed by atoms with E-state index in [2.05, 4.69) is 0 Å². The van der Waals surface area contributed by atoms with E-state index in [0.717, 1.165) is 4.57 Å². The molecular formula is C22H23F5N4O3. The van der Waals surface area contributed by atoms with Crippen molar-refractivity contribution in [3.05, 3.63) is 43.9 Å².